The molecule has 0 amide bonds. The number of rotatable bonds is 4. The van der Waals surface area contributed by atoms with Gasteiger partial charge in [-0.1, -0.05) is 26.7 Å². The van der Waals surface area contributed by atoms with Crippen molar-refractivity contribution in [1.29, 1.82) is 0 Å². The van der Waals surface area contributed by atoms with Gasteiger partial charge in [-0.05, 0) is 5.92 Å². The standard InChI is InChI=1S/C10H16N2O/c1-3-8(4-2)10(13)9-5-11-7-12-6-9/h5-8,10,13H,3-4H2,1-2H3. The van der Waals surface area contributed by atoms with Crippen LogP contribution in [0.25, 0.3) is 0 Å². The highest BCUT2D eigenvalue weighted by molar-refractivity contribution is 5.07. The molecule has 0 aliphatic heterocycles. The maximum atomic E-state index is 9.90. The molecule has 1 heterocycles. The van der Waals surface area contributed by atoms with Crippen molar-refractivity contribution in [2.75, 3.05) is 0 Å². The first kappa shape index (κ1) is 10.1. The normalized spacial score (nSPS) is 13.2. The van der Waals surface area contributed by atoms with Gasteiger partial charge >= 0.3 is 0 Å². The largest absolute Gasteiger partial charge is 0.388 e. The third-order valence-electron chi connectivity index (χ3n) is 2.42. The summed E-state index contributed by atoms with van der Waals surface area (Å²) in [4.78, 5) is 7.77. The molecule has 1 atom stereocenters. The molecule has 1 unspecified atom stereocenters. The zero-order chi connectivity index (χ0) is 9.68. The van der Waals surface area contributed by atoms with E-state index in [-0.39, 0.29) is 0 Å². The van der Waals surface area contributed by atoms with Crippen LogP contribution in [0.1, 0.15) is 38.4 Å². The lowest BCUT2D eigenvalue weighted by molar-refractivity contribution is 0.103. The first-order valence-electron chi connectivity index (χ1n) is 4.72. The number of aliphatic hydroxyl groups is 1. The Kier molecular flexibility index (Phi) is 3.83. The van der Waals surface area contributed by atoms with Crippen LogP contribution >= 0.6 is 0 Å². The summed E-state index contributed by atoms with van der Waals surface area (Å²) in [5.74, 6) is 0.311. The smallest absolute Gasteiger partial charge is 0.115 e. The van der Waals surface area contributed by atoms with Gasteiger partial charge in [0.25, 0.3) is 0 Å². The fourth-order valence-corrected chi connectivity index (χ4v) is 1.47. The van der Waals surface area contributed by atoms with E-state index in [2.05, 4.69) is 23.8 Å². The van der Waals surface area contributed by atoms with Crippen molar-refractivity contribution >= 4 is 0 Å². The Morgan fingerprint density at radius 1 is 1.23 bits per heavy atom. The van der Waals surface area contributed by atoms with Gasteiger partial charge in [-0.15, -0.1) is 0 Å². The Hall–Kier alpha value is -0.960. The molecule has 0 radical (unpaired) electrons. The zero-order valence-electron chi connectivity index (χ0n) is 8.14. The molecule has 0 saturated carbocycles. The van der Waals surface area contributed by atoms with E-state index in [9.17, 15) is 5.11 Å². The Labute approximate surface area is 78.9 Å². The van der Waals surface area contributed by atoms with Crippen LogP contribution in [0.15, 0.2) is 18.7 Å². The molecule has 0 aliphatic carbocycles. The van der Waals surface area contributed by atoms with Gasteiger partial charge in [0.05, 0.1) is 6.10 Å². The second-order valence-corrected chi connectivity index (χ2v) is 3.19. The zero-order valence-corrected chi connectivity index (χ0v) is 8.14. The van der Waals surface area contributed by atoms with E-state index in [4.69, 9.17) is 0 Å². The van der Waals surface area contributed by atoms with Gasteiger partial charge in [0.15, 0.2) is 0 Å². The fourth-order valence-electron chi connectivity index (χ4n) is 1.47. The predicted molar refractivity (Wildman–Crippen MR) is 51.1 cm³/mol. The Bertz CT molecular complexity index is 234. The average molecular weight is 180 g/mol. The van der Waals surface area contributed by atoms with Crippen molar-refractivity contribution < 1.29 is 5.11 Å². The minimum absolute atomic E-state index is 0.311. The number of hydrogen-bond donors (Lipinski definition) is 1. The van der Waals surface area contributed by atoms with E-state index in [1.807, 2.05) is 0 Å². The van der Waals surface area contributed by atoms with Crippen molar-refractivity contribution in [3.63, 3.8) is 0 Å². The highest BCUT2D eigenvalue weighted by atomic mass is 16.3. The summed E-state index contributed by atoms with van der Waals surface area (Å²) in [5, 5.41) is 9.90. The lowest BCUT2D eigenvalue weighted by Gasteiger charge is -2.19. The molecule has 1 rings (SSSR count). The minimum Gasteiger partial charge on any atom is -0.388 e. The lowest BCUT2D eigenvalue weighted by atomic mass is 9.93. The highest BCUT2D eigenvalue weighted by Gasteiger charge is 2.17. The van der Waals surface area contributed by atoms with E-state index in [1.54, 1.807) is 12.4 Å². The van der Waals surface area contributed by atoms with Gasteiger partial charge in [0.1, 0.15) is 6.33 Å². The molecule has 0 aliphatic rings. The highest BCUT2D eigenvalue weighted by Crippen LogP contribution is 2.25. The monoisotopic (exact) mass is 180 g/mol. The van der Waals surface area contributed by atoms with Crippen molar-refractivity contribution in [1.82, 2.24) is 9.97 Å². The molecule has 1 aromatic heterocycles. The molecule has 0 spiro atoms. The van der Waals surface area contributed by atoms with E-state index in [1.165, 1.54) is 6.33 Å². The number of nitrogens with zero attached hydrogens (tertiary/aromatic N) is 2. The topological polar surface area (TPSA) is 46.0 Å². The van der Waals surface area contributed by atoms with Gasteiger partial charge in [-0.25, -0.2) is 9.97 Å². The van der Waals surface area contributed by atoms with E-state index >= 15 is 0 Å². The van der Waals surface area contributed by atoms with Crippen molar-refractivity contribution in [3.05, 3.63) is 24.3 Å². The van der Waals surface area contributed by atoms with Crippen molar-refractivity contribution in [3.8, 4) is 0 Å². The number of aliphatic hydroxyl groups excluding tert-OH is 1. The summed E-state index contributed by atoms with van der Waals surface area (Å²) in [7, 11) is 0. The second kappa shape index (κ2) is 4.92. The first-order chi connectivity index (χ1) is 6.29. The van der Waals surface area contributed by atoms with Crippen LogP contribution < -0.4 is 0 Å². The summed E-state index contributed by atoms with van der Waals surface area (Å²) < 4.78 is 0. The summed E-state index contributed by atoms with van der Waals surface area (Å²) in [6, 6.07) is 0. The van der Waals surface area contributed by atoms with E-state index < -0.39 is 6.10 Å². The first-order valence-corrected chi connectivity index (χ1v) is 4.72. The molecule has 3 nitrogen and oxygen atoms in total. The molecule has 1 aromatic rings. The van der Waals surface area contributed by atoms with Crippen LogP contribution in [0.4, 0.5) is 0 Å². The Morgan fingerprint density at radius 3 is 2.23 bits per heavy atom. The van der Waals surface area contributed by atoms with Crippen LogP contribution in [0.2, 0.25) is 0 Å². The Morgan fingerprint density at radius 2 is 1.77 bits per heavy atom. The Balaban J connectivity index is 2.72. The van der Waals surface area contributed by atoms with Gasteiger partial charge in [-0.2, -0.15) is 0 Å². The molecule has 72 valence electrons. The quantitative estimate of drug-likeness (QED) is 0.770. The molecule has 0 saturated heterocycles. The third kappa shape index (κ3) is 2.49. The maximum absolute atomic E-state index is 9.90. The van der Waals surface area contributed by atoms with Crippen LogP contribution in [0.3, 0.4) is 0 Å². The average Bonchev–Trinajstić information content (AvgIpc) is 2.21. The van der Waals surface area contributed by atoms with Crippen LogP contribution in [0.5, 0.6) is 0 Å². The summed E-state index contributed by atoms with van der Waals surface area (Å²) in [6.45, 7) is 4.17. The maximum Gasteiger partial charge on any atom is 0.115 e. The third-order valence-corrected chi connectivity index (χ3v) is 2.42. The minimum atomic E-state index is -0.420. The molecule has 0 fully saturated rings. The van der Waals surface area contributed by atoms with Crippen LogP contribution in [0, 0.1) is 5.92 Å². The lowest BCUT2D eigenvalue weighted by Crippen LogP contribution is -2.11. The summed E-state index contributed by atoms with van der Waals surface area (Å²) >= 11 is 0. The summed E-state index contributed by atoms with van der Waals surface area (Å²) in [6.07, 6.45) is 6.37. The molecule has 3 heteroatoms. The van der Waals surface area contributed by atoms with Gasteiger partial charge in [-0.3, -0.25) is 0 Å². The van der Waals surface area contributed by atoms with Gasteiger partial charge in [0, 0.05) is 18.0 Å². The second-order valence-electron chi connectivity index (χ2n) is 3.19. The fraction of sp³-hybridized carbons (Fsp3) is 0.600. The van der Waals surface area contributed by atoms with Crippen molar-refractivity contribution in [2.45, 2.75) is 32.8 Å². The van der Waals surface area contributed by atoms with E-state index in [0.29, 0.717) is 5.92 Å². The molecule has 0 bridgehead atoms. The van der Waals surface area contributed by atoms with E-state index in [0.717, 1.165) is 18.4 Å². The van der Waals surface area contributed by atoms with Gasteiger partial charge < -0.3 is 5.11 Å². The molecule has 13 heavy (non-hydrogen) atoms. The number of hydrogen-bond acceptors (Lipinski definition) is 3. The molecule has 1 N–H and O–H groups in total. The van der Waals surface area contributed by atoms with Crippen LogP contribution in [-0.2, 0) is 0 Å². The van der Waals surface area contributed by atoms with Crippen molar-refractivity contribution in [2.24, 2.45) is 5.92 Å². The molecular weight excluding hydrogens is 164 g/mol. The SMILES string of the molecule is CCC(CC)C(O)c1cncnc1. The summed E-state index contributed by atoms with van der Waals surface area (Å²) in [5.41, 5.74) is 0.816. The van der Waals surface area contributed by atoms with Crippen LogP contribution in [-0.4, -0.2) is 15.1 Å². The molecule has 0 aromatic carbocycles. The van der Waals surface area contributed by atoms with Gasteiger partial charge in [0.2, 0.25) is 0 Å². The molecular formula is C10H16N2O. The number of aromatic nitrogens is 2. The predicted octanol–water partition coefficient (Wildman–Crippen LogP) is 1.95.